The summed E-state index contributed by atoms with van der Waals surface area (Å²) in [6, 6.07) is 0. The highest BCUT2D eigenvalue weighted by molar-refractivity contribution is 5.83. The Morgan fingerprint density at radius 1 is 1.33 bits per heavy atom. The van der Waals surface area contributed by atoms with Crippen LogP contribution >= 0.6 is 0 Å². The number of allylic oxidation sites excluding steroid dienone is 1. The summed E-state index contributed by atoms with van der Waals surface area (Å²) in [5.74, 6) is 2.20. The molecule has 0 spiro atoms. The third kappa shape index (κ3) is 7.81. The molecule has 0 saturated heterocycles. The summed E-state index contributed by atoms with van der Waals surface area (Å²) >= 11 is 0. The van der Waals surface area contributed by atoms with Crippen molar-refractivity contribution in [3.63, 3.8) is 0 Å². The number of terminal acetylenes is 1. The molecule has 0 unspecified atom stereocenters. The molecule has 0 aromatic carbocycles. The van der Waals surface area contributed by atoms with Crippen LogP contribution in [0.3, 0.4) is 0 Å². The molecule has 15 heavy (non-hydrogen) atoms. The molecule has 0 aliphatic heterocycles. The highest BCUT2D eigenvalue weighted by Crippen LogP contribution is 2.09. The van der Waals surface area contributed by atoms with Gasteiger partial charge < -0.3 is 4.74 Å². The second kappa shape index (κ2) is 9.33. The first-order chi connectivity index (χ1) is 7.24. The zero-order chi connectivity index (χ0) is 11.5. The van der Waals surface area contributed by atoms with Gasteiger partial charge in [0, 0.05) is 11.6 Å². The Balaban J connectivity index is 3.91. The molecule has 0 N–H and O–H groups in total. The van der Waals surface area contributed by atoms with E-state index in [0.29, 0.717) is 6.61 Å². The van der Waals surface area contributed by atoms with Crippen LogP contribution < -0.4 is 0 Å². The van der Waals surface area contributed by atoms with Gasteiger partial charge >= 0.3 is 5.97 Å². The van der Waals surface area contributed by atoms with Crippen LogP contribution in [-0.4, -0.2) is 12.6 Å². The summed E-state index contributed by atoms with van der Waals surface area (Å²) < 4.78 is 4.79. The summed E-state index contributed by atoms with van der Waals surface area (Å²) in [5, 5.41) is 0. The van der Waals surface area contributed by atoms with E-state index in [1.54, 1.807) is 6.92 Å². The Kier molecular flexibility index (Phi) is 8.56. The lowest BCUT2D eigenvalue weighted by Gasteiger charge is -2.00. The van der Waals surface area contributed by atoms with Gasteiger partial charge in [0.1, 0.15) is 0 Å². The van der Waals surface area contributed by atoms with Crippen molar-refractivity contribution in [3.8, 4) is 12.3 Å². The number of carbonyl (C=O) groups excluding carboxylic acids is 1. The molecule has 84 valence electrons. The quantitative estimate of drug-likeness (QED) is 0.278. The first-order valence-corrected chi connectivity index (χ1v) is 5.58. The maximum atomic E-state index is 11.1. The summed E-state index contributed by atoms with van der Waals surface area (Å²) in [6.07, 6.45) is 12.2. The van der Waals surface area contributed by atoms with Gasteiger partial charge in [-0.2, -0.15) is 0 Å². The SMILES string of the molecule is C#C/C(=C/C(=O)OCC)CCCCCC. The van der Waals surface area contributed by atoms with Gasteiger partial charge in [0.15, 0.2) is 0 Å². The van der Waals surface area contributed by atoms with Gasteiger partial charge in [0.2, 0.25) is 0 Å². The molecule has 0 radical (unpaired) electrons. The minimum absolute atomic E-state index is 0.332. The van der Waals surface area contributed by atoms with Crippen molar-refractivity contribution in [2.45, 2.75) is 46.0 Å². The number of hydrogen-bond acceptors (Lipinski definition) is 2. The maximum absolute atomic E-state index is 11.1. The molecule has 0 fully saturated rings. The highest BCUT2D eigenvalue weighted by atomic mass is 16.5. The smallest absolute Gasteiger partial charge is 0.331 e. The van der Waals surface area contributed by atoms with Crippen molar-refractivity contribution < 1.29 is 9.53 Å². The molecule has 2 heteroatoms. The van der Waals surface area contributed by atoms with Crippen molar-refractivity contribution in [2.24, 2.45) is 0 Å². The second-order valence-electron chi connectivity index (χ2n) is 3.38. The number of unbranched alkanes of at least 4 members (excludes halogenated alkanes) is 3. The molecule has 0 aliphatic carbocycles. The lowest BCUT2D eigenvalue weighted by molar-refractivity contribution is -0.137. The number of carbonyl (C=O) groups is 1. The summed E-state index contributed by atoms with van der Waals surface area (Å²) in [6.45, 7) is 4.34. The monoisotopic (exact) mass is 208 g/mol. The minimum Gasteiger partial charge on any atom is -0.463 e. The third-order valence-electron chi connectivity index (χ3n) is 2.06. The van der Waals surface area contributed by atoms with Crippen molar-refractivity contribution in [1.82, 2.24) is 0 Å². The number of esters is 1. The topological polar surface area (TPSA) is 26.3 Å². The molecule has 0 aromatic rings. The fourth-order valence-corrected chi connectivity index (χ4v) is 1.25. The Labute approximate surface area is 92.7 Å². The van der Waals surface area contributed by atoms with E-state index in [-0.39, 0.29) is 5.97 Å². The fraction of sp³-hybridized carbons (Fsp3) is 0.615. The van der Waals surface area contributed by atoms with E-state index in [1.807, 2.05) is 0 Å². The van der Waals surface area contributed by atoms with Crippen LogP contribution in [0.25, 0.3) is 0 Å². The van der Waals surface area contributed by atoms with Crippen molar-refractivity contribution in [3.05, 3.63) is 11.6 Å². The summed E-state index contributed by atoms with van der Waals surface area (Å²) in [4.78, 5) is 11.1. The molecule has 0 bridgehead atoms. The van der Waals surface area contributed by atoms with E-state index in [4.69, 9.17) is 11.2 Å². The van der Waals surface area contributed by atoms with Gasteiger partial charge in [0.05, 0.1) is 6.61 Å². The van der Waals surface area contributed by atoms with Gasteiger partial charge in [-0.25, -0.2) is 4.79 Å². The lowest BCUT2D eigenvalue weighted by atomic mass is 10.1. The molecule has 0 heterocycles. The second-order valence-corrected chi connectivity index (χ2v) is 3.38. The average molecular weight is 208 g/mol. The van der Waals surface area contributed by atoms with Crippen molar-refractivity contribution >= 4 is 5.97 Å². The van der Waals surface area contributed by atoms with Gasteiger partial charge in [-0.15, -0.1) is 6.42 Å². The standard InChI is InChI=1S/C13H20O2/c1-4-7-8-9-10-12(5-2)11-13(14)15-6-3/h2,11H,4,6-10H2,1,3H3/b12-11-. The van der Waals surface area contributed by atoms with E-state index in [2.05, 4.69) is 12.8 Å². The van der Waals surface area contributed by atoms with E-state index in [1.165, 1.54) is 25.3 Å². The van der Waals surface area contributed by atoms with E-state index in [9.17, 15) is 4.79 Å². The van der Waals surface area contributed by atoms with E-state index >= 15 is 0 Å². The molecule has 0 aliphatic rings. The lowest BCUT2D eigenvalue weighted by Crippen LogP contribution is -2.00. The minimum atomic E-state index is -0.332. The summed E-state index contributed by atoms with van der Waals surface area (Å²) in [5.41, 5.74) is 0.740. The van der Waals surface area contributed by atoms with Crippen LogP contribution in [0.4, 0.5) is 0 Å². The van der Waals surface area contributed by atoms with Crippen LogP contribution in [0, 0.1) is 12.3 Å². The van der Waals surface area contributed by atoms with Gasteiger partial charge in [-0.05, 0) is 19.8 Å². The number of hydrogen-bond donors (Lipinski definition) is 0. The average Bonchev–Trinajstić information content (AvgIpc) is 2.23. The Hall–Kier alpha value is -1.23. The highest BCUT2D eigenvalue weighted by Gasteiger charge is 2.00. The molecule has 2 nitrogen and oxygen atoms in total. The van der Waals surface area contributed by atoms with Crippen molar-refractivity contribution in [2.75, 3.05) is 6.61 Å². The predicted molar refractivity (Wildman–Crippen MR) is 62.3 cm³/mol. The first kappa shape index (κ1) is 13.8. The fourth-order valence-electron chi connectivity index (χ4n) is 1.25. The molecular formula is C13H20O2. The molecule has 0 atom stereocenters. The normalized spacial score (nSPS) is 10.9. The van der Waals surface area contributed by atoms with Crippen molar-refractivity contribution in [1.29, 1.82) is 0 Å². The number of ether oxygens (including phenoxy) is 1. The zero-order valence-corrected chi connectivity index (χ0v) is 9.71. The van der Waals surface area contributed by atoms with Crippen LogP contribution in [0.5, 0.6) is 0 Å². The molecule has 0 aromatic heterocycles. The summed E-state index contributed by atoms with van der Waals surface area (Å²) in [7, 11) is 0. The van der Waals surface area contributed by atoms with Crippen LogP contribution in [0.2, 0.25) is 0 Å². The Morgan fingerprint density at radius 3 is 2.60 bits per heavy atom. The molecule has 0 saturated carbocycles. The maximum Gasteiger partial charge on any atom is 0.331 e. The molecular weight excluding hydrogens is 188 g/mol. The van der Waals surface area contributed by atoms with Crippen LogP contribution in [-0.2, 0) is 9.53 Å². The number of rotatable bonds is 7. The Bertz CT molecular complexity index is 246. The van der Waals surface area contributed by atoms with Gasteiger partial charge in [0.25, 0.3) is 0 Å². The largest absolute Gasteiger partial charge is 0.463 e. The molecule has 0 rings (SSSR count). The van der Waals surface area contributed by atoms with E-state index in [0.717, 1.165) is 18.4 Å². The molecule has 0 amide bonds. The van der Waals surface area contributed by atoms with Gasteiger partial charge in [-0.3, -0.25) is 0 Å². The zero-order valence-electron chi connectivity index (χ0n) is 9.71. The van der Waals surface area contributed by atoms with Crippen LogP contribution in [0.1, 0.15) is 46.0 Å². The Morgan fingerprint density at radius 2 is 2.07 bits per heavy atom. The third-order valence-corrected chi connectivity index (χ3v) is 2.06. The van der Waals surface area contributed by atoms with Gasteiger partial charge in [-0.1, -0.05) is 32.1 Å². The van der Waals surface area contributed by atoms with Crippen LogP contribution in [0.15, 0.2) is 11.6 Å². The van der Waals surface area contributed by atoms with E-state index < -0.39 is 0 Å². The predicted octanol–water partition coefficient (Wildman–Crippen LogP) is 3.08. The first-order valence-electron chi connectivity index (χ1n) is 5.58.